The number of amides is 1. The Hall–Kier alpha value is -2.24. The van der Waals surface area contributed by atoms with Crippen molar-refractivity contribution in [2.45, 2.75) is 19.4 Å². The van der Waals surface area contributed by atoms with E-state index in [-0.39, 0.29) is 17.6 Å². The summed E-state index contributed by atoms with van der Waals surface area (Å²) in [6.45, 7) is 1.90. The van der Waals surface area contributed by atoms with Crippen LogP contribution in [0.3, 0.4) is 0 Å². The Labute approximate surface area is 98.2 Å². The van der Waals surface area contributed by atoms with E-state index in [1.165, 1.54) is 6.20 Å². The van der Waals surface area contributed by atoms with Crippen LogP contribution in [0.2, 0.25) is 0 Å². The van der Waals surface area contributed by atoms with Gasteiger partial charge >= 0.3 is 0 Å². The van der Waals surface area contributed by atoms with E-state index in [0.717, 1.165) is 5.76 Å². The molecule has 0 saturated heterocycles. The smallest absolute Gasteiger partial charge is 0.271 e. The van der Waals surface area contributed by atoms with Crippen LogP contribution in [-0.4, -0.2) is 22.1 Å². The molecule has 90 valence electrons. The number of nitrogens with zero attached hydrogens (tertiary/aromatic N) is 1. The van der Waals surface area contributed by atoms with Gasteiger partial charge in [0.05, 0.1) is 18.1 Å². The third-order valence-corrected chi connectivity index (χ3v) is 2.36. The molecule has 0 radical (unpaired) electrons. The summed E-state index contributed by atoms with van der Waals surface area (Å²) >= 11 is 0. The minimum atomic E-state index is -0.265. The molecule has 1 atom stereocenters. The zero-order valence-corrected chi connectivity index (χ0v) is 9.43. The monoisotopic (exact) mass is 234 g/mol. The lowest BCUT2D eigenvalue weighted by Crippen LogP contribution is -2.34. The van der Waals surface area contributed by atoms with Crippen molar-refractivity contribution in [2.75, 3.05) is 5.73 Å². The van der Waals surface area contributed by atoms with Gasteiger partial charge in [-0.1, -0.05) is 0 Å². The number of H-pyrrole nitrogens is 1. The lowest BCUT2D eigenvalue weighted by atomic mass is 10.2. The van der Waals surface area contributed by atoms with Crippen LogP contribution in [0.5, 0.6) is 0 Å². The van der Waals surface area contributed by atoms with E-state index in [2.05, 4.69) is 15.5 Å². The molecule has 0 aromatic carbocycles. The largest absolute Gasteiger partial charge is 0.469 e. The van der Waals surface area contributed by atoms with Crippen LogP contribution < -0.4 is 11.1 Å². The minimum absolute atomic E-state index is 0.0450. The molecule has 6 heteroatoms. The van der Waals surface area contributed by atoms with Crippen molar-refractivity contribution in [1.82, 2.24) is 15.5 Å². The van der Waals surface area contributed by atoms with Crippen molar-refractivity contribution in [3.63, 3.8) is 0 Å². The first kappa shape index (κ1) is 11.3. The van der Waals surface area contributed by atoms with E-state index in [1.807, 2.05) is 19.1 Å². The molecule has 17 heavy (non-hydrogen) atoms. The number of carbonyl (C=O) groups excluding carboxylic acids is 1. The number of rotatable bonds is 4. The van der Waals surface area contributed by atoms with E-state index in [9.17, 15) is 4.79 Å². The third-order valence-electron chi connectivity index (χ3n) is 2.36. The van der Waals surface area contributed by atoms with E-state index >= 15 is 0 Å². The van der Waals surface area contributed by atoms with Crippen LogP contribution in [0.25, 0.3) is 0 Å². The molecule has 0 spiro atoms. The number of nitrogens with two attached hydrogens (primary N) is 1. The summed E-state index contributed by atoms with van der Waals surface area (Å²) in [6.07, 6.45) is 3.65. The van der Waals surface area contributed by atoms with Gasteiger partial charge in [0.25, 0.3) is 5.91 Å². The molecule has 0 bridgehead atoms. The number of aromatic nitrogens is 2. The van der Waals surface area contributed by atoms with Crippen LogP contribution in [-0.2, 0) is 6.42 Å². The Morgan fingerprint density at radius 2 is 2.53 bits per heavy atom. The summed E-state index contributed by atoms with van der Waals surface area (Å²) in [5.41, 5.74) is 6.21. The maximum atomic E-state index is 11.8. The molecule has 2 rings (SSSR count). The fraction of sp³-hybridized carbons (Fsp3) is 0.273. The quantitative estimate of drug-likeness (QED) is 0.733. The lowest BCUT2D eigenvalue weighted by molar-refractivity contribution is 0.0935. The first-order chi connectivity index (χ1) is 8.16. The van der Waals surface area contributed by atoms with E-state index < -0.39 is 0 Å². The summed E-state index contributed by atoms with van der Waals surface area (Å²) in [5, 5.41) is 9.07. The molecule has 0 aliphatic heterocycles. The van der Waals surface area contributed by atoms with Gasteiger partial charge in [-0.15, -0.1) is 0 Å². The molecule has 2 aromatic rings. The molecule has 0 aliphatic rings. The van der Waals surface area contributed by atoms with Crippen LogP contribution in [0, 0.1) is 0 Å². The molecule has 1 unspecified atom stereocenters. The number of carbonyl (C=O) groups is 1. The summed E-state index contributed by atoms with van der Waals surface area (Å²) < 4.78 is 5.20. The molecule has 0 fully saturated rings. The van der Waals surface area contributed by atoms with Gasteiger partial charge in [0.15, 0.2) is 0 Å². The lowest BCUT2D eigenvalue weighted by Gasteiger charge is -2.11. The van der Waals surface area contributed by atoms with Crippen LogP contribution in [0.1, 0.15) is 23.2 Å². The topological polar surface area (TPSA) is 96.9 Å². The standard InChI is InChI=1S/C11H14N4O2/c1-7(5-8-3-2-4-17-8)14-11(16)10-9(12)6-13-15-10/h2-4,6-7H,5,12H2,1H3,(H,13,15)(H,14,16). The van der Waals surface area contributed by atoms with Gasteiger partial charge in [-0.05, 0) is 19.1 Å². The highest BCUT2D eigenvalue weighted by molar-refractivity contribution is 5.97. The maximum absolute atomic E-state index is 11.8. The number of hydrogen-bond acceptors (Lipinski definition) is 4. The van der Waals surface area contributed by atoms with Crippen molar-refractivity contribution < 1.29 is 9.21 Å². The molecule has 1 amide bonds. The molecule has 2 aromatic heterocycles. The Morgan fingerprint density at radius 1 is 1.71 bits per heavy atom. The van der Waals surface area contributed by atoms with Gasteiger partial charge in [0.1, 0.15) is 11.5 Å². The molecule has 2 heterocycles. The van der Waals surface area contributed by atoms with Gasteiger partial charge in [0.2, 0.25) is 0 Å². The summed E-state index contributed by atoms with van der Waals surface area (Å²) in [7, 11) is 0. The van der Waals surface area contributed by atoms with Crippen molar-refractivity contribution in [3.8, 4) is 0 Å². The normalized spacial score (nSPS) is 12.3. The van der Waals surface area contributed by atoms with Crippen molar-refractivity contribution in [3.05, 3.63) is 36.0 Å². The van der Waals surface area contributed by atoms with Gasteiger partial charge in [-0.2, -0.15) is 5.10 Å². The Balaban J connectivity index is 1.93. The van der Waals surface area contributed by atoms with Crippen molar-refractivity contribution in [1.29, 1.82) is 0 Å². The number of nitrogens with one attached hydrogen (secondary N) is 2. The summed E-state index contributed by atoms with van der Waals surface area (Å²) in [6, 6.07) is 3.64. The fourth-order valence-corrected chi connectivity index (χ4v) is 1.55. The van der Waals surface area contributed by atoms with Crippen molar-refractivity contribution >= 4 is 11.6 Å². The molecule has 0 saturated carbocycles. The first-order valence-electron chi connectivity index (χ1n) is 5.29. The third kappa shape index (κ3) is 2.66. The SMILES string of the molecule is CC(Cc1ccco1)NC(=O)c1[nH]ncc1N. The molecule has 4 N–H and O–H groups in total. The maximum Gasteiger partial charge on any atom is 0.271 e. The predicted molar refractivity (Wildman–Crippen MR) is 62.3 cm³/mol. The van der Waals surface area contributed by atoms with E-state index in [4.69, 9.17) is 10.2 Å². The number of anilines is 1. The Bertz CT molecular complexity index is 489. The zero-order valence-electron chi connectivity index (χ0n) is 9.43. The highest BCUT2D eigenvalue weighted by atomic mass is 16.3. The summed E-state index contributed by atoms with van der Waals surface area (Å²) in [4.78, 5) is 11.8. The number of nitrogen functional groups attached to an aromatic ring is 1. The molecule has 0 aliphatic carbocycles. The molecule has 6 nitrogen and oxygen atoms in total. The van der Waals surface area contributed by atoms with E-state index in [1.54, 1.807) is 6.26 Å². The number of aromatic amines is 1. The van der Waals surface area contributed by atoms with E-state index in [0.29, 0.717) is 12.1 Å². The predicted octanol–water partition coefficient (Wildman–Crippen LogP) is 0.946. The average molecular weight is 234 g/mol. The highest BCUT2D eigenvalue weighted by Gasteiger charge is 2.15. The van der Waals surface area contributed by atoms with Crippen molar-refractivity contribution in [2.24, 2.45) is 0 Å². The summed E-state index contributed by atoms with van der Waals surface area (Å²) in [5.74, 6) is 0.564. The molecular weight excluding hydrogens is 220 g/mol. The number of furan rings is 1. The van der Waals surface area contributed by atoms with Crippen LogP contribution in [0.4, 0.5) is 5.69 Å². The van der Waals surface area contributed by atoms with Gasteiger partial charge in [-0.3, -0.25) is 9.89 Å². The second-order valence-corrected chi connectivity index (χ2v) is 3.86. The number of hydrogen-bond donors (Lipinski definition) is 3. The highest BCUT2D eigenvalue weighted by Crippen LogP contribution is 2.08. The molecular formula is C11H14N4O2. The Kier molecular flexibility index (Phi) is 3.13. The first-order valence-corrected chi connectivity index (χ1v) is 5.29. The van der Waals surface area contributed by atoms with Crippen LogP contribution >= 0.6 is 0 Å². The van der Waals surface area contributed by atoms with Crippen LogP contribution in [0.15, 0.2) is 29.0 Å². The fourth-order valence-electron chi connectivity index (χ4n) is 1.55. The van der Waals surface area contributed by atoms with Gasteiger partial charge < -0.3 is 15.5 Å². The zero-order chi connectivity index (χ0) is 12.3. The Morgan fingerprint density at radius 3 is 3.12 bits per heavy atom. The van der Waals surface area contributed by atoms with Gasteiger partial charge in [0, 0.05) is 12.5 Å². The second kappa shape index (κ2) is 4.73. The second-order valence-electron chi connectivity index (χ2n) is 3.86. The van der Waals surface area contributed by atoms with Gasteiger partial charge in [-0.25, -0.2) is 0 Å². The minimum Gasteiger partial charge on any atom is -0.469 e. The average Bonchev–Trinajstić information content (AvgIpc) is 2.88.